The number of rotatable bonds is 6. The molecule has 5 heterocycles. The van der Waals surface area contributed by atoms with Crippen LogP contribution < -0.4 is 5.32 Å². The van der Waals surface area contributed by atoms with Crippen LogP contribution in [0.4, 0.5) is 5.82 Å². The van der Waals surface area contributed by atoms with Gasteiger partial charge in [0, 0.05) is 18.4 Å². The SMILES string of the molecule is Cc1ccc(-c2cnn(-c3nc(NC4CCOC4)c4ncn([C@@H]5O[C@H](C(=O)O)[C@@H](O)[C@H]5O)c4n3)c2)cc1. The number of fused-ring (bicyclic) bond motifs is 1. The highest BCUT2D eigenvalue weighted by molar-refractivity contribution is 5.84. The van der Waals surface area contributed by atoms with Crippen molar-refractivity contribution in [2.24, 2.45) is 0 Å². The third kappa shape index (κ3) is 4.21. The van der Waals surface area contributed by atoms with Gasteiger partial charge in [0.1, 0.15) is 12.2 Å². The average Bonchev–Trinajstić information content (AvgIpc) is 3.68. The molecule has 2 aliphatic rings. The van der Waals surface area contributed by atoms with Crippen LogP contribution >= 0.6 is 0 Å². The highest BCUT2D eigenvalue weighted by Crippen LogP contribution is 2.33. The zero-order valence-corrected chi connectivity index (χ0v) is 19.8. The molecule has 5 atom stereocenters. The van der Waals surface area contributed by atoms with Gasteiger partial charge in [0.25, 0.3) is 5.95 Å². The van der Waals surface area contributed by atoms with E-state index in [9.17, 15) is 20.1 Å². The zero-order valence-electron chi connectivity index (χ0n) is 19.8. The molecule has 0 spiro atoms. The normalized spacial score (nSPS) is 25.6. The van der Waals surface area contributed by atoms with Crippen LogP contribution in [0.5, 0.6) is 0 Å². The maximum atomic E-state index is 11.5. The van der Waals surface area contributed by atoms with Crippen molar-refractivity contribution < 1.29 is 29.6 Å². The van der Waals surface area contributed by atoms with Gasteiger partial charge in [-0.25, -0.2) is 14.5 Å². The Bertz CT molecular complexity index is 1450. The molecule has 0 saturated carbocycles. The highest BCUT2D eigenvalue weighted by atomic mass is 16.6. The number of hydrogen-bond acceptors (Lipinski definition) is 10. The second-order valence-corrected chi connectivity index (χ2v) is 9.21. The molecule has 4 aromatic rings. The quantitative estimate of drug-likeness (QED) is 0.292. The van der Waals surface area contributed by atoms with Gasteiger partial charge in [-0.15, -0.1) is 0 Å². The van der Waals surface area contributed by atoms with E-state index in [2.05, 4.69) is 25.4 Å². The number of aliphatic hydroxyl groups is 2. The predicted octanol–water partition coefficient (Wildman–Crippen LogP) is 0.892. The van der Waals surface area contributed by atoms with Crippen molar-refractivity contribution in [3.8, 4) is 17.1 Å². The van der Waals surface area contributed by atoms with Crippen molar-refractivity contribution in [2.75, 3.05) is 18.5 Å². The molecule has 13 heteroatoms. The molecule has 0 radical (unpaired) electrons. The predicted molar refractivity (Wildman–Crippen MR) is 129 cm³/mol. The average molecular weight is 508 g/mol. The van der Waals surface area contributed by atoms with Crippen molar-refractivity contribution in [2.45, 2.75) is 43.9 Å². The molecule has 1 unspecified atom stereocenters. The summed E-state index contributed by atoms with van der Waals surface area (Å²) in [6, 6.07) is 8.07. The van der Waals surface area contributed by atoms with E-state index >= 15 is 0 Å². The molecule has 37 heavy (non-hydrogen) atoms. The first-order chi connectivity index (χ1) is 17.9. The number of carboxylic acids is 1. The molecule has 2 saturated heterocycles. The number of ether oxygens (including phenoxy) is 2. The van der Waals surface area contributed by atoms with E-state index in [1.807, 2.05) is 31.2 Å². The number of carboxylic acid groups (broad SMARTS) is 1. The Hall–Kier alpha value is -3.91. The molecule has 0 aliphatic carbocycles. The van der Waals surface area contributed by atoms with Crippen LogP contribution in [0.15, 0.2) is 43.0 Å². The molecule has 192 valence electrons. The van der Waals surface area contributed by atoms with Crippen LogP contribution in [0, 0.1) is 6.92 Å². The molecule has 6 rings (SSSR count). The van der Waals surface area contributed by atoms with Gasteiger partial charge in [-0.3, -0.25) is 4.57 Å². The fourth-order valence-electron chi connectivity index (χ4n) is 4.56. The number of hydrogen-bond donors (Lipinski definition) is 4. The molecule has 0 bridgehead atoms. The lowest BCUT2D eigenvalue weighted by Gasteiger charge is -2.17. The van der Waals surface area contributed by atoms with Gasteiger partial charge < -0.3 is 30.1 Å². The van der Waals surface area contributed by atoms with Crippen molar-refractivity contribution in [1.82, 2.24) is 29.3 Å². The highest BCUT2D eigenvalue weighted by Gasteiger charge is 2.48. The fourth-order valence-corrected chi connectivity index (χ4v) is 4.56. The molecule has 4 N–H and O–H groups in total. The van der Waals surface area contributed by atoms with E-state index in [1.165, 1.54) is 15.6 Å². The summed E-state index contributed by atoms with van der Waals surface area (Å²) < 4.78 is 13.9. The standard InChI is InChI=1S/C24H25N7O6/c1-12-2-4-13(5-3-12)14-8-26-31(9-14)24-28-20(27-15-6-7-36-10-15)16-21(29-24)30(11-25-16)22-18(33)17(32)19(37-22)23(34)35/h2-5,8-9,11,15,17-19,22,32-33H,6-7,10H2,1H3,(H,34,35)(H,27,28,29)/t15?,17-,18+,19-,22+/m0/s1. The summed E-state index contributed by atoms with van der Waals surface area (Å²) in [5.74, 6) is -0.709. The Labute approximate surface area is 210 Å². The van der Waals surface area contributed by atoms with Gasteiger partial charge in [0.15, 0.2) is 29.3 Å². The summed E-state index contributed by atoms with van der Waals surface area (Å²) in [6.45, 7) is 3.16. The van der Waals surface area contributed by atoms with E-state index in [1.54, 1.807) is 12.4 Å². The lowest BCUT2D eigenvalue weighted by molar-refractivity contribution is -0.155. The van der Waals surface area contributed by atoms with Crippen LogP contribution in [-0.4, -0.2) is 88.2 Å². The number of nitrogens with one attached hydrogen (secondary N) is 1. The molecule has 0 amide bonds. The van der Waals surface area contributed by atoms with Crippen LogP contribution in [0.25, 0.3) is 28.2 Å². The van der Waals surface area contributed by atoms with Gasteiger partial charge in [-0.1, -0.05) is 29.8 Å². The van der Waals surface area contributed by atoms with E-state index in [-0.39, 0.29) is 17.6 Å². The van der Waals surface area contributed by atoms with Crippen molar-refractivity contribution >= 4 is 23.0 Å². The number of aliphatic hydroxyl groups excluding tert-OH is 2. The molecule has 2 fully saturated rings. The summed E-state index contributed by atoms with van der Waals surface area (Å²) in [6.07, 6.45) is -0.233. The first kappa shape index (κ1) is 23.5. The van der Waals surface area contributed by atoms with Gasteiger partial charge in [-0.2, -0.15) is 15.1 Å². The Morgan fingerprint density at radius 2 is 1.95 bits per heavy atom. The summed E-state index contributed by atoms with van der Waals surface area (Å²) in [5.41, 5.74) is 3.68. The Balaban J connectivity index is 1.43. The van der Waals surface area contributed by atoms with Gasteiger partial charge in [-0.05, 0) is 18.9 Å². The lowest BCUT2D eigenvalue weighted by Crippen LogP contribution is -2.35. The van der Waals surface area contributed by atoms with E-state index < -0.39 is 30.5 Å². The first-order valence-electron chi connectivity index (χ1n) is 11.8. The minimum atomic E-state index is -1.61. The zero-order chi connectivity index (χ0) is 25.7. The minimum Gasteiger partial charge on any atom is -0.479 e. The second-order valence-electron chi connectivity index (χ2n) is 9.21. The first-order valence-corrected chi connectivity index (χ1v) is 11.8. The molecular formula is C24H25N7O6. The number of aromatic nitrogens is 6. The summed E-state index contributed by atoms with van der Waals surface area (Å²) in [7, 11) is 0. The monoisotopic (exact) mass is 507 g/mol. The van der Waals surface area contributed by atoms with Crippen LogP contribution in [0.2, 0.25) is 0 Å². The number of aryl methyl sites for hydroxylation is 1. The number of imidazole rings is 1. The summed E-state index contributed by atoms with van der Waals surface area (Å²) >= 11 is 0. The maximum absolute atomic E-state index is 11.5. The Morgan fingerprint density at radius 3 is 2.65 bits per heavy atom. The number of anilines is 1. The van der Waals surface area contributed by atoms with E-state index in [0.29, 0.717) is 24.5 Å². The Morgan fingerprint density at radius 1 is 1.14 bits per heavy atom. The summed E-state index contributed by atoms with van der Waals surface area (Å²) in [5, 5.41) is 37.9. The molecular weight excluding hydrogens is 482 g/mol. The molecule has 3 aromatic heterocycles. The molecule has 13 nitrogen and oxygen atoms in total. The summed E-state index contributed by atoms with van der Waals surface area (Å²) in [4.78, 5) is 25.2. The molecule has 1 aromatic carbocycles. The maximum Gasteiger partial charge on any atom is 0.335 e. The smallest absolute Gasteiger partial charge is 0.335 e. The van der Waals surface area contributed by atoms with Gasteiger partial charge >= 0.3 is 5.97 Å². The van der Waals surface area contributed by atoms with Crippen molar-refractivity contribution in [1.29, 1.82) is 0 Å². The van der Waals surface area contributed by atoms with Crippen LogP contribution in [-0.2, 0) is 14.3 Å². The largest absolute Gasteiger partial charge is 0.479 e. The number of nitrogens with zero attached hydrogens (tertiary/aromatic N) is 6. The van der Waals surface area contributed by atoms with E-state index in [0.717, 1.165) is 23.1 Å². The fraction of sp³-hybridized carbons (Fsp3) is 0.375. The number of aliphatic carboxylic acids is 1. The van der Waals surface area contributed by atoms with Gasteiger partial charge in [0.2, 0.25) is 0 Å². The third-order valence-corrected chi connectivity index (χ3v) is 6.61. The Kier molecular flexibility index (Phi) is 5.83. The second kappa shape index (κ2) is 9.19. The topological polar surface area (TPSA) is 170 Å². The minimum absolute atomic E-state index is 0.0170. The lowest BCUT2D eigenvalue weighted by atomic mass is 10.1. The van der Waals surface area contributed by atoms with E-state index in [4.69, 9.17) is 9.47 Å². The van der Waals surface area contributed by atoms with Crippen LogP contribution in [0.1, 0.15) is 18.2 Å². The number of carbonyl (C=O) groups is 1. The van der Waals surface area contributed by atoms with Crippen molar-refractivity contribution in [3.05, 3.63) is 48.5 Å². The third-order valence-electron chi connectivity index (χ3n) is 6.61. The molecule has 2 aliphatic heterocycles. The van der Waals surface area contributed by atoms with Crippen LogP contribution in [0.3, 0.4) is 0 Å². The van der Waals surface area contributed by atoms with Gasteiger partial charge in [0.05, 0.1) is 25.2 Å². The number of benzene rings is 1. The van der Waals surface area contributed by atoms with Crippen molar-refractivity contribution in [3.63, 3.8) is 0 Å².